The summed E-state index contributed by atoms with van der Waals surface area (Å²) in [6, 6.07) is 0.526. The standard InChI is InChI=1S/C13H20N4O3.ClH/c1-8-6-9(4-5-14-8)17-11(18)10-12(19-2)15-7-16-13(10)20-3;/h7-9,14H,4-6H2,1-3H3,(H,17,18);1H. The van der Waals surface area contributed by atoms with E-state index in [2.05, 4.69) is 27.5 Å². The molecule has 1 aliphatic rings. The monoisotopic (exact) mass is 316 g/mol. The van der Waals surface area contributed by atoms with Crippen LogP contribution in [0.25, 0.3) is 0 Å². The summed E-state index contributed by atoms with van der Waals surface area (Å²) in [4.78, 5) is 20.3. The molecule has 1 aromatic rings. The van der Waals surface area contributed by atoms with Crippen LogP contribution in [0.5, 0.6) is 11.8 Å². The van der Waals surface area contributed by atoms with E-state index in [1.54, 1.807) is 0 Å². The Morgan fingerprint density at radius 1 is 1.33 bits per heavy atom. The predicted molar refractivity (Wildman–Crippen MR) is 80.3 cm³/mol. The van der Waals surface area contributed by atoms with E-state index in [0.29, 0.717) is 6.04 Å². The second-order valence-corrected chi connectivity index (χ2v) is 4.82. The van der Waals surface area contributed by atoms with Gasteiger partial charge in [-0.2, -0.15) is 0 Å². The average Bonchev–Trinajstić information content (AvgIpc) is 2.46. The molecule has 8 heteroatoms. The minimum absolute atomic E-state index is 0. The van der Waals surface area contributed by atoms with Gasteiger partial charge in [0.2, 0.25) is 11.8 Å². The Hall–Kier alpha value is -1.60. The Morgan fingerprint density at radius 3 is 2.48 bits per heavy atom. The summed E-state index contributed by atoms with van der Waals surface area (Å²) in [7, 11) is 2.93. The summed E-state index contributed by atoms with van der Waals surface area (Å²) in [6.07, 6.45) is 3.10. The molecular formula is C13H21ClN4O3. The van der Waals surface area contributed by atoms with Crippen molar-refractivity contribution in [2.24, 2.45) is 0 Å². The molecule has 1 fully saturated rings. The molecule has 0 spiro atoms. The highest BCUT2D eigenvalue weighted by molar-refractivity contribution is 5.98. The van der Waals surface area contributed by atoms with Crippen LogP contribution in [0.3, 0.4) is 0 Å². The predicted octanol–water partition coefficient (Wildman–Crippen LogP) is 0.786. The third-order valence-electron chi connectivity index (χ3n) is 3.35. The number of ether oxygens (including phenoxy) is 2. The number of hydrogen-bond donors (Lipinski definition) is 2. The molecule has 2 unspecified atom stereocenters. The van der Waals surface area contributed by atoms with Gasteiger partial charge in [-0.05, 0) is 26.3 Å². The third-order valence-corrected chi connectivity index (χ3v) is 3.35. The van der Waals surface area contributed by atoms with E-state index < -0.39 is 0 Å². The number of hydrogen-bond acceptors (Lipinski definition) is 6. The average molecular weight is 317 g/mol. The molecule has 2 atom stereocenters. The van der Waals surface area contributed by atoms with Crippen molar-refractivity contribution < 1.29 is 14.3 Å². The lowest BCUT2D eigenvalue weighted by molar-refractivity contribution is 0.0917. The van der Waals surface area contributed by atoms with Crippen molar-refractivity contribution in [1.82, 2.24) is 20.6 Å². The highest BCUT2D eigenvalue weighted by atomic mass is 35.5. The van der Waals surface area contributed by atoms with Crippen molar-refractivity contribution in [2.45, 2.75) is 31.8 Å². The maximum Gasteiger partial charge on any atom is 0.262 e. The highest BCUT2D eigenvalue weighted by Gasteiger charge is 2.25. The molecule has 21 heavy (non-hydrogen) atoms. The molecule has 1 amide bonds. The second kappa shape index (κ2) is 7.99. The number of piperidine rings is 1. The summed E-state index contributed by atoms with van der Waals surface area (Å²) in [5.41, 5.74) is 0.240. The Bertz CT molecular complexity index is 464. The smallest absolute Gasteiger partial charge is 0.262 e. The fraction of sp³-hybridized carbons (Fsp3) is 0.615. The van der Waals surface area contributed by atoms with E-state index in [1.165, 1.54) is 20.5 Å². The van der Waals surface area contributed by atoms with Gasteiger partial charge in [0.05, 0.1) is 14.2 Å². The molecule has 2 rings (SSSR count). The first-order valence-corrected chi connectivity index (χ1v) is 6.63. The number of methoxy groups -OCH3 is 2. The zero-order valence-electron chi connectivity index (χ0n) is 12.4. The topological polar surface area (TPSA) is 85.4 Å². The lowest BCUT2D eigenvalue weighted by atomic mass is 10.0. The molecule has 0 saturated carbocycles. The molecule has 2 N–H and O–H groups in total. The highest BCUT2D eigenvalue weighted by Crippen LogP contribution is 2.23. The quantitative estimate of drug-likeness (QED) is 0.854. The Labute approximate surface area is 130 Å². The molecular weight excluding hydrogens is 296 g/mol. The van der Waals surface area contributed by atoms with Crippen LogP contribution in [-0.4, -0.2) is 48.7 Å². The largest absolute Gasteiger partial charge is 0.480 e. The minimum atomic E-state index is -0.265. The summed E-state index contributed by atoms with van der Waals surface area (Å²) in [6.45, 7) is 3.00. The van der Waals surface area contributed by atoms with Crippen molar-refractivity contribution >= 4 is 18.3 Å². The van der Waals surface area contributed by atoms with Crippen LogP contribution in [0, 0.1) is 0 Å². The molecule has 2 heterocycles. The molecule has 0 radical (unpaired) electrons. The summed E-state index contributed by atoms with van der Waals surface area (Å²) in [5.74, 6) is 0.172. The molecule has 1 aromatic heterocycles. The minimum Gasteiger partial charge on any atom is -0.480 e. The van der Waals surface area contributed by atoms with Crippen molar-refractivity contribution in [2.75, 3.05) is 20.8 Å². The van der Waals surface area contributed by atoms with Gasteiger partial charge in [0.15, 0.2) is 5.56 Å². The number of carbonyl (C=O) groups is 1. The Kier molecular flexibility index (Phi) is 6.64. The lowest BCUT2D eigenvalue weighted by Crippen LogP contribution is -2.46. The molecule has 0 bridgehead atoms. The number of amides is 1. The number of aromatic nitrogens is 2. The number of carbonyl (C=O) groups excluding carboxylic acids is 1. The van der Waals surface area contributed by atoms with Crippen LogP contribution in [0.2, 0.25) is 0 Å². The first kappa shape index (κ1) is 17.5. The summed E-state index contributed by atoms with van der Waals surface area (Å²) < 4.78 is 10.2. The van der Waals surface area contributed by atoms with Crippen molar-refractivity contribution in [3.05, 3.63) is 11.9 Å². The van der Waals surface area contributed by atoms with Crippen LogP contribution in [0.4, 0.5) is 0 Å². The Morgan fingerprint density at radius 2 is 1.95 bits per heavy atom. The van der Waals surface area contributed by atoms with Gasteiger partial charge in [-0.15, -0.1) is 12.4 Å². The van der Waals surface area contributed by atoms with Crippen LogP contribution in [0.1, 0.15) is 30.1 Å². The summed E-state index contributed by atoms with van der Waals surface area (Å²) >= 11 is 0. The fourth-order valence-electron chi connectivity index (χ4n) is 2.38. The van der Waals surface area contributed by atoms with E-state index in [9.17, 15) is 4.79 Å². The van der Waals surface area contributed by atoms with Crippen LogP contribution >= 0.6 is 12.4 Å². The Balaban J connectivity index is 0.00000220. The number of halogens is 1. The molecule has 1 saturated heterocycles. The molecule has 0 aromatic carbocycles. The van der Waals surface area contributed by atoms with Gasteiger partial charge < -0.3 is 20.1 Å². The first-order chi connectivity index (χ1) is 9.65. The van der Waals surface area contributed by atoms with Gasteiger partial charge in [-0.1, -0.05) is 0 Å². The molecule has 0 aliphatic carbocycles. The van der Waals surface area contributed by atoms with Crippen molar-refractivity contribution in [1.29, 1.82) is 0 Å². The SMILES string of the molecule is COc1ncnc(OC)c1C(=O)NC1CCNC(C)C1.Cl. The number of nitrogens with one attached hydrogen (secondary N) is 2. The maximum atomic E-state index is 12.4. The second-order valence-electron chi connectivity index (χ2n) is 4.82. The molecule has 118 valence electrons. The van der Waals surface area contributed by atoms with E-state index in [1.807, 2.05) is 0 Å². The normalized spacial score (nSPS) is 21.1. The van der Waals surface area contributed by atoms with Gasteiger partial charge >= 0.3 is 0 Å². The van der Waals surface area contributed by atoms with Gasteiger partial charge in [-0.3, -0.25) is 4.79 Å². The fourth-order valence-corrected chi connectivity index (χ4v) is 2.38. The van der Waals surface area contributed by atoms with Crippen molar-refractivity contribution in [3.8, 4) is 11.8 Å². The number of rotatable bonds is 4. The van der Waals surface area contributed by atoms with Gasteiger partial charge in [0, 0.05) is 12.1 Å². The van der Waals surface area contributed by atoms with Crippen LogP contribution < -0.4 is 20.1 Å². The van der Waals surface area contributed by atoms with E-state index >= 15 is 0 Å². The molecule has 7 nitrogen and oxygen atoms in total. The van der Waals surface area contributed by atoms with E-state index in [0.717, 1.165) is 19.4 Å². The van der Waals surface area contributed by atoms with Crippen LogP contribution in [-0.2, 0) is 0 Å². The van der Waals surface area contributed by atoms with E-state index in [4.69, 9.17) is 9.47 Å². The number of nitrogens with zero attached hydrogens (tertiary/aromatic N) is 2. The van der Waals surface area contributed by atoms with E-state index in [-0.39, 0.29) is 41.7 Å². The summed E-state index contributed by atoms with van der Waals surface area (Å²) in [5, 5.41) is 6.34. The molecule has 1 aliphatic heterocycles. The van der Waals surface area contributed by atoms with Gasteiger partial charge in [0.25, 0.3) is 5.91 Å². The van der Waals surface area contributed by atoms with Crippen molar-refractivity contribution in [3.63, 3.8) is 0 Å². The third kappa shape index (κ3) is 4.18. The lowest BCUT2D eigenvalue weighted by Gasteiger charge is -2.28. The zero-order valence-corrected chi connectivity index (χ0v) is 13.2. The first-order valence-electron chi connectivity index (χ1n) is 6.63. The zero-order chi connectivity index (χ0) is 14.5. The maximum absolute atomic E-state index is 12.4. The van der Waals surface area contributed by atoms with Gasteiger partial charge in [-0.25, -0.2) is 9.97 Å². The van der Waals surface area contributed by atoms with Gasteiger partial charge in [0.1, 0.15) is 6.33 Å². The van der Waals surface area contributed by atoms with Crippen LogP contribution in [0.15, 0.2) is 6.33 Å².